The number of carbonyl (C=O) groups is 2. The number of rotatable bonds is 6. The van der Waals surface area contributed by atoms with E-state index in [0.29, 0.717) is 12.2 Å². The molecule has 0 atom stereocenters. The van der Waals surface area contributed by atoms with E-state index in [0.717, 1.165) is 17.9 Å². The molecule has 116 valence electrons. The van der Waals surface area contributed by atoms with E-state index < -0.39 is 11.8 Å². The molecule has 0 fully saturated rings. The maximum Gasteiger partial charge on any atom is 0.313 e. The van der Waals surface area contributed by atoms with Crippen molar-refractivity contribution in [3.05, 3.63) is 43.0 Å². The normalized spacial score (nSPS) is 10.2. The van der Waals surface area contributed by atoms with Gasteiger partial charge in [0.2, 0.25) is 0 Å². The third-order valence-electron chi connectivity index (χ3n) is 2.97. The highest BCUT2D eigenvalue weighted by molar-refractivity contribution is 7.98. The number of nitrogens with zero attached hydrogens (tertiary/aromatic N) is 2. The van der Waals surface area contributed by atoms with Crippen molar-refractivity contribution < 1.29 is 9.59 Å². The smallest absolute Gasteiger partial charge is 0.313 e. The molecule has 0 radical (unpaired) electrons. The third kappa shape index (κ3) is 4.92. The molecule has 0 aliphatic carbocycles. The number of amides is 2. The molecule has 0 spiro atoms. The van der Waals surface area contributed by atoms with E-state index in [2.05, 4.69) is 15.6 Å². The number of anilines is 1. The number of thioether (sulfide) groups is 1. The van der Waals surface area contributed by atoms with Gasteiger partial charge in [0.05, 0.1) is 6.33 Å². The van der Waals surface area contributed by atoms with Crippen LogP contribution in [0.4, 0.5) is 5.69 Å². The number of hydrogen-bond acceptors (Lipinski definition) is 4. The Balaban J connectivity index is 1.73. The summed E-state index contributed by atoms with van der Waals surface area (Å²) in [6, 6.07) is 7.36. The van der Waals surface area contributed by atoms with Crippen LogP contribution >= 0.6 is 11.8 Å². The fraction of sp³-hybridized carbons (Fsp3) is 0.267. The van der Waals surface area contributed by atoms with Crippen molar-refractivity contribution in [1.29, 1.82) is 0 Å². The molecule has 0 saturated heterocycles. The van der Waals surface area contributed by atoms with Gasteiger partial charge in [-0.15, -0.1) is 11.8 Å². The summed E-state index contributed by atoms with van der Waals surface area (Å²) in [4.78, 5) is 28.5. The van der Waals surface area contributed by atoms with Crippen LogP contribution in [0.25, 0.3) is 0 Å². The highest BCUT2D eigenvalue weighted by Gasteiger charge is 2.12. The molecule has 2 amide bonds. The molecule has 1 heterocycles. The maximum absolute atomic E-state index is 11.8. The molecule has 2 aromatic rings. The number of hydrogen-bond donors (Lipinski definition) is 2. The highest BCUT2D eigenvalue weighted by atomic mass is 32.2. The molecule has 2 rings (SSSR count). The van der Waals surface area contributed by atoms with Gasteiger partial charge in [0.1, 0.15) is 0 Å². The Labute approximate surface area is 133 Å². The number of imidazole rings is 1. The van der Waals surface area contributed by atoms with Gasteiger partial charge in [0.15, 0.2) is 0 Å². The van der Waals surface area contributed by atoms with Crippen LogP contribution in [0.15, 0.2) is 47.9 Å². The van der Waals surface area contributed by atoms with Crippen molar-refractivity contribution in [1.82, 2.24) is 14.9 Å². The maximum atomic E-state index is 11.8. The Morgan fingerprint density at radius 2 is 2.18 bits per heavy atom. The molecular formula is C15H18N4O2S. The number of benzene rings is 1. The largest absolute Gasteiger partial charge is 0.348 e. The summed E-state index contributed by atoms with van der Waals surface area (Å²) in [5, 5.41) is 5.20. The second-order valence-electron chi connectivity index (χ2n) is 4.60. The second kappa shape index (κ2) is 8.23. The molecule has 0 saturated carbocycles. The fourth-order valence-corrected chi connectivity index (χ4v) is 2.31. The summed E-state index contributed by atoms with van der Waals surface area (Å²) in [6.45, 7) is 1.19. The lowest BCUT2D eigenvalue weighted by Gasteiger charge is -2.07. The van der Waals surface area contributed by atoms with Gasteiger partial charge in [-0.3, -0.25) is 9.59 Å². The van der Waals surface area contributed by atoms with Gasteiger partial charge in [-0.05, 0) is 30.9 Å². The van der Waals surface area contributed by atoms with E-state index in [9.17, 15) is 9.59 Å². The first-order valence-electron chi connectivity index (χ1n) is 6.88. The number of aromatic nitrogens is 2. The zero-order valence-electron chi connectivity index (χ0n) is 12.3. The first kappa shape index (κ1) is 16.1. The van der Waals surface area contributed by atoms with Crippen LogP contribution in [-0.2, 0) is 16.1 Å². The van der Waals surface area contributed by atoms with Gasteiger partial charge in [0.25, 0.3) is 0 Å². The van der Waals surface area contributed by atoms with Crippen molar-refractivity contribution in [3.63, 3.8) is 0 Å². The van der Waals surface area contributed by atoms with Crippen LogP contribution in [0.1, 0.15) is 6.42 Å². The van der Waals surface area contributed by atoms with Gasteiger partial charge in [-0.1, -0.05) is 6.07 Å². The SMILES string of the molecule is CSc1cccc(NC(=O)C(=O)NCCCn2ccnc2)c1. The average molecular weight is 318 g/mol. The summed E-state index contributed by atoms with van der Waals surface area (Å²) >= 11 is 1.57. The Hall–Kier alpha value is -2.28. The Morgan fingerprint density at radius 1 is 1.32 bits per heavy atom. The average Bonchev–Trinajstić information content (AvgIpc) is 3.04. The zero-order chi connectivity index (χ0) is 15.8. The summed E-state index contributed by atoms with van der Waals surface area (Å²) in [5.41, 5.74) is 0.616. The van der Waals surface area contributed by atoms with E-state index in [4.69, 9.17) is 0 Å². The lowest BCUT2D eigenvalue weighted by molar-refractivity contribution is -0.136. The van der Waals surface area contributed by atoms with Gasteiger partial charge in [0, 0.05) is 36.1 Å². The molecular weight excluding hydrogens is 300 g/mol. The monoisotopic (exact) mass is 318 g/mol. The molecule has 2 N–H and O–H groups in total. The van der Waals surface area contributed by atoms with E-state index in [-0.39, 0.29) is 0 Å². The molecule has 0 bridgehead atoms. The van der Waals surface area contributed by atoms with Gasteiger partial charge in [-0.25, -0.2) is 4.98 Å². The first-order valence-corrected chi connectivity index (χ1v) is 8.10. The lowest BCUT2D eigenvalue weighted by atomic mass is 10.3. The predicted octanol–water partition coefficient (Wildman–Crippen LogP) is 1.75. The molecule has 22 heavy (non-hydrogen) atoms. The Bertz CT molecular complexity index is 628. The Kier molecular flexibility index (Phi) is 6.02. The molecule has 7 heteroatoms. The molecule has 6 nitrogen and oxygen atoms in total. The molecule has 0 aliphatic rings. The summed E-state index contributed by atoms with van der Waals surface area (Å²) < 4.78 is 1.92. The molecule has 1 aromatic heterocycles. The fourth-order valence-electron chi connectivity index (χ4n) is 1.85. The van der Waals surface area contributed by atoms with E-state index in [1.165, 1.54) is 0 Å². The summed E-state index contributed by atoms with van der Waals surface area (Å²) in [6.07, 6.45) is 7.96. The number of nitrogens with one attached hydrogen (secondary N) is 2. The zero-order valence-corrected chi connectivity index (χ0v) is 13.1. The third-order valence-corrected chi connectivity index (χ3v) is 3.70. The van der Waals surface area contributed by atoms with Gasteiger partial charge >= 0.3 is 11.8 Å². The van der Waals surface area contributed by atoms with Crippen LogP contribution in [-0.4, -0.2) is 34.2 Å². The molecule has 1 aromatic carbocycles. The Morgan fingerprint density at radius 3 is 2.91 bits per heavy atom. The topological polar surface area (TPSA) is 76.0 Å². The van der Waals surface area contributed by atoms with Crippen molar-refractivity contribution in [3.8, 4) is 0 Å². The van der Waals surface area contributed by atoms with Crippen molar-refractivity contribution in [2.45, 2.75) is 17.9 Å². The standard InChI is InChI=1S/C15H18N4O2S/c1-22-13-5-2-4-12(10-13)18-15(21)14(20)17-6-3-8-19-9-7-16-11-19/h2,4-5,7,9-11H,3,6,8H2,1H3,(H,17,20)(H,18,21). The van der Waals surface area contributed by atoms with E-state index >= 15 is 0 Å². The van der Waals surface area contributed by atoms with Crippen molar-refractivity contribution in [2.75, 3.05) is 18.1 Å². The van der Waals surface area contributed by atoms with Gasteiger partial charge in [-0.2, -0.15) is 0 Å². The minimum absolute atomic E-state index is 0.440. The van der Waals surface area contributed by atoms with Gasteiger partial charge < -0.3 is 15.2 Å². The second-order valence-corrected chi connectivity index (χ2v) is 5.48. The quantitative estimate of drug-likeness (QED) is 0.483. The van der Waals surface area contributed by atoms with E-state index in [1.54, 1.807) is 30.4 Å². The van der Waals surface area contributed by atoms with Crippen LogP contribution in [0, 0.1) is 0 Å². The summed E-state index contributed by atoms with van der Waals surface area (Å²) in [7, 11) is 0. The minimum Gasteiger partial charge on any atom is -0.348 e. The predicted molar refractivity (Wildman–Crippen MR) is 86.7 cm³/mol. The first-order chi connectivity index (χ1) is 10.7. The molecule has 0 unspecified atom stereocenters. The van der Waals surface area contributed by atoms with Crippen molar-refractivity contribution >= 4 is 29.3 Å². The van der Waals surface area contributed by atoms with E-state index in [1.807, 2.05) is 35.2 Å². The number of carbonyl (C=O) groups excluding carboxylic acids is 2. The minimum atomic E-state index is -0.652. The highest BCUT2D eigenvalue weighted by Crippen LogP contribution is 2.18. The summed E-state index contributed by atoms with van der Waals surface area (Å²) in [5.74, 6) is -1.28. The van der Waals surface area contributed by atoms with Crippen LogP contribution in [0.3, 0.4) is 0 Å². The van der Waals surface area contributed by atoms with Crippen LogP contribution in [0.5, 0.6) is 0 Å². The van der Waals surface area contributed by atoms with Crippen LogP contribution < -0.4 is 10.6 Å². The van der Waals surface area contributed by atoms with Crippen LogP contribution in [0.2, 0.25) is 0 Å². The van der Waals surface area contributed by atoms with Crippen molar-refractivity contribution in [2.24, 2.45) is 0 Å². The molecule has 0 aliphatic heterocycles. The lowest BCUT2D eigenvalue weighted by Crippen LogP contribution is -2.36. The number of aryl methyl sites for hydroxylation is 1.